The molecule has 0 radical (unpaired) electrons. The lowest BCUT2D eigenvalue weighted by Gasteiger charge is -2.59. The van der Waals surface area contributed by atoms with E-state index in [0.717, 1.165) is 37.9 Å². The van der Waals surface area contributed by atoms with Gasteiger partial charge < -0.3 is 14.2 Å². The quantitative estimate of drug-likeness (QED) is 0.622. The summed E-state index contributed by atoms with van der Waals surface area (Å²) in [5.74, 6) is 2.45. The largest absolute Gasteiger partial charge is 0.466 e. The van der Waals surface area contributed by atoms with Gasteiger partial charge in [-0.05, 0) is 67.6 Å². The third-order valence-electron chi connectivity index (χ3n) is 9.18. The molecule has 6 unspecified atom stereocenters. The van der Waals surface area contributed by atoms with Crippen molar-refractivity contribution in [1.29, 1.82) is 0 Å². The van der Waals surface area contributed by atoms with Crippen molar-refractivity contribution in [3.8, 4) is 0 Å². The van der Waals surface area contributed by atoms with Gasteiger partial charge in [0.2, 0.25) is 0 Å². The van der Waals surface area contributed by atoms with Gasteiger partial charge in [-0.3, -0.25) is 4.79 Å². The number of carbonyl (C=O) groups excluding carboxylic acids is 1. The van der Waals surface area contributed by atoms with Crippen LogP contribution in [0, 0.1) is 34.5 Å². The highest BCUT2D eigenvalue weighted by Crippen LogP contribution is 2.68. The molecule has 2 heterocycles. The normalized spacial score (nSPS) is 51.4. The summed E-state index contributed by atoms with van der Waals surface area (Å²) in [7, 11) is 0. The van der Waals surface area contributed by atoms with Crippen LogP contribution < -0.4 is 0 Å². The number of cyclic esters (lactones) is 1. The molecule has 5 fully saturated rings. The zero-order chi connectivity index (χ0) is 17.3. The van der Waals surface area contributed by atoms with E-state index in [1.54, 1.807) is 0 Å². The van der Waals surface area contributed by atoms with Gasteiger partial charge in [-0.2, -0.15) is 0 Å². The first-order valence-corrected chi connectivity index (χ1v) is 10.4. The molecule has 0 aromatic heterocycles. The lowest BCUT2D eigenvalue weighted by molar-refractivity contribution is -0.246. The van der Waals surface area contributed by atoms with Crippen molar-refractivity contribution in [2.45, 2.75) is 71.0 Å². The molecule has 5 aliphatic rings. The molecule has 6 atom stereocenters. The maximum absolute atomic E-state index is 12.0. The van der Waals surface area contributed by atoms with E-state index >= 15 is 0 Å². The van der Waals surface area contributed by atoms with E-state index in [4.69, 9.17) is 14.2 Å². The summed E-state index contributed by atoms with van der Waals surface area (Å²) in [5.41, 5.74) is 0.439. The van der Waals surface area contributed by atoms with Crippen LogP contribution in [0.4, 0.5) is 0 Å². The molecule has 0 amide bonds. The Morgan fingerprint density at radius 2 is 1.64 bits per heavy atom. The number of hydrogen-bond acceptors (Lipinski definition) is 4. The summed E-state index contributed by atoms with van der Waals surface area (Å²) in [4.78, 5) is 12.0. The molecule has 25 heavy (non-hydrogen) atoms. The minimum Gasteiger partial charge on any atom is -0.466 e. The predicted octanol–water partition coefficient (Wildman–Crippen LogP) is 3.93. The molecule has 3 saturated carbocycles. The van der Waals surface area contributed by atoms with Crippen LogP contribution in [0.2, 0.25) is 0 Å². The Hall–Kier alpha value is -0.610. The highest BCUT2D eigenvalue weighted by Gasteiger charge is 2.67. The molecule has 0 bridgehead atoms. The minimum atomic E-state index is -0.303. The molecule has 2 aliphatic heterocycles. The number of ether oxygens (including phenoxy) is 3. The van der Waals surface area contributed by atoms with Crippen LogP contribution in [0.15, 0.2) is 0 Å². The van der Waals surface area contributed by atoms with E-state index in [2.05, 4.69) is 13.8 Å². The topological polar surface area (TPSA) is 44.8 Å². The second-order valence-electron chi connectivity index (χ2n) is 9.78. The number of rotatable bonds is 0. The average molecular weight is 348 g/mol. The Morgan fingerprint density at radius 1 is 0.880 bits per heavy atom. The standard InChI is InChI=1S/C21H32O4/c1-19-9-10-23-18(22)13-14(19)3-4-15-16(19)5-7-20(2)17(15)6-8-21(20)24-11-12-25-21/h14-17H,3-13H2,1-2H3. The van der Waals surface area contributed by atoms with E-state index in [1.165, 1.54) is 32.1 Å². The van der Waals surface area contributed by atoms with Crippen LogP contribution in [-0.4, -0.2) is 31.6 Å². The van der Waals surface area contributed by atoms with Gasteiger partial charge in [-0.25, -0.2) is 0 Å². The fraction of sp³-hybridized carbons (Fsp3) is 0.952. The maximum atomic E-state index is 12.0. The van der Waals surface area contributed by atoms with Crippen LogP contribution >= 0.6 is 0 Å². The zero-order valence-electron chi connectivity index (χ0n) is 15.7. The third kappa shape index (κ3) is 2.10. The summed E-state index contributed by atoms with van der Waals surface area (Å²) in [6, 6.07) is 0. The molecular weight excluding hydrogens is 316 g/mol. The van der Waals surface area contributed by atoms with Crippen molar-refractivity contribution in [2.75, 3.05) is 19.8 Å². The summed E-state index contributed by atoms with van der Waals surface area (Å²) in [6.07, 6.45) is 8.92. The van der Waals surface area contributed by atoms with E-state index in [1.807, 2.05) is 0 Å². The molecule has 0 N–H and O–H groups in total. The molecule has 0 aromatic rings. The van der Waals surface area contributed by atoms with Gasteiger partial charge in [-0.15, -0.1) is 0 Å². The van der Waals surface area contributed by atoms with Crippen LogP contribution in [0.5, 0.6) is 0 Å². The molecule has 1 spiro atoms. The Kier molecular flexibility index (Phi) is 3.61. The summed E-state index contributed by atoms with van der Waals surface area (Å²) in [6.45, 7) is 7.05. The van der Waals surface area contributed by atoms with Crippen molar-refractivity contribution >= 4 is 5.97 Å². The molecule has 4 nitrogen and oxygen atoms in total. The first-order chi connectivity index (χ1) is 12.0. The van der Waals surface area contributed by atoms with E-state index in [0.29, 0.717) is 24.9 Å². The van der Waals surface area contributed by atoms with E-state index in [-0.39, 0.29) is 22.6 Å². The fourth-order valence-corrected chi connectivity index (χ4v) is 7.79. The van der Waals surface area contributed by atoms with Crippen molar-refractivity contribution in [3.63, 3.8) is 0 Å². The van der Waals surface area contributed by atoms with E-state index < -0.39 is 0 Å². The van der Waals surface area contributed by atoms with Crippen LogP contribution in [0.25, 0.3) is 0 Å². The smallest absolute Gasteiger partial charge is 0.306 e. The molecular formula is C21H32O4. The van der Waals surface area contributed by atoms with Gasteiger partial charge in [0.15, 0.2) is 5.79 Å². The highest BCUT2D eigenvalue weighted by atomic mass is 16.7. The van der Waals surface area contributed by atoms with Crippen molar-refractivity contribution in [3.05, 3.63) is 0 Å². The molecule has 0 aromatic carbocycles. The number of carbonyl (C=O) groups is 1. The monoisotopic (exact) mass is 348 g/mol. The molecule has 2 saturated heterocycles. The number of fused-ring (bicyclic) bond motifs is 6. The van der Waals surface area contributed by atoms with Gasteiger partial charge in [0.05, 0.1) is 19.8 Å². The second-order valence-corrected chi connectivity index (χ2v) is 9.78. The zero-order valence-corrected chi connectivity index (χ0v) is 15.7. The summed E-state index contributed by atoms with van der Waals surface area (Å²) < 4.78 is 17.9. The lowest BCUT2D eigenvalue weighted by Crippen LogP contribution is -2.56. The Morgan fingerprint density at radius 3 is 2.44 bits per heavy atom. The van der Waals surface area contributed by atoms with E-state index in [9.17, 15) is 4.79 Å². The Balaban J connectivity index is 1.46. The third-order valence-corrected chi connectivity index (χ3v) is 9.18. The summed E-state index contributed by atoms with van der Waals surface area (Å²) >= 11 is 0. The Bertz CT molecular complexity index is 568. The second kappa shape index (κ2) is 5.45. The molecule has 3 aliphatic carbocycles. The van der Waals surface area contributed by atoms with Gasteiger partial charge in [0, 0.05) is 18.3 Å². The van der Waals surface area contributed by atoms with Crippen LogP contribution in [0.3, 0.4) is 0 Å². The lowest BCUT2D eigenvalue weighted by atomic mass is 9.46. The first-order valence-electron chi connectivity index (χ1n) is 10.4. The maximum Gasteiger partial charge on any atom is 0.306 e. The molecule has 5 rings (SSSR count). The molecule has 140 valence electrons. The first kappa shape index (κ1) is 16.6. The van der Waals surface area contributed by atoms with Crippen molar-refractivity contribution in [1.82, 2.24) is 0 Å². The van der Waals surface area contributed by atoms with Gasteiger partial charge in [0.1, 0.15) is 0 Å². The van der Waals surface area contributed by atoms with Crippen LogP contribution in [-0.2, 0) is 19.0 Å². The SMILES string of the molecule is CC12CCOC(=O)CC1CCC1C2CCC2(C)C1CCC21OCCO1. The van der Waals surface area contributed by atoms with Crippen LogP contribution in [0.1, 0.15) is 65.2 Å². The Labute approximate surface area is 151 Å². The van der Waals surface area contributed by atoms with Gasteiger partial charge in [0.25, 0.3) is 0 Å². The fourth-order valence-electron chi connectivity index (χ4n) is 7.79. The number of hydrogen-bond donors (Lipinski definition) is 0. The van der Waals surface area contributed by atoms with Crippen molar-refractivity contribution < 1.29 is 19.0 Å². The number of esters is 1. The van der Waals surface area contributed by atoms with Gasteiger partial charge >= 0.3 is 5.97 Å². The van der Waals surface area contributed by atoms with Crippen molar-refractivity contribution in [2.24, 2.45) is 34.5 Å². The molecule has 4 heteroatoms. The highest BCUT2D eigenvalue weighted by molar-refractivity contribution is 5.70. The van der Waals surface area contributed by atoms with Gasteiger partial charge in [-0.1, -0.05) is 13.8 Å². The predicted molar refractivity (Wildman–Crippen MR) is 92.7 cm³/mol. The minimum absolute atomic E-state index is 0.0281. The summed E-state index contributed by atoms with van der Waals surface area (Å²) in [5, 5.41) is 0. The average Bonchev–Trinajstić information content (AvgIpc) is 3.13.